The molecule has 1 aliphatic heterocycles. The monoisotopic (exact) mass is 331 g/mol. The van der Waals surface area contributed by atoms with Crippen molar-refractivity contribution in [2.24, 2.45) is 0 Å². The normalized spacial score (nSPS) is 15.8. The van der Waals surface area contributed by atoms with Crippen molar-refractivity contribution in [1.82, 2.24) is 15.4 Å². The summed E-state index contributed by atoms with van der Waals surface area (Å²) in [5, 5.41) is 9.73. The Balaban J connectivity index is 1.81. The van der Waals surface area contributed by atoms with Crippen molar-refractivity contribution in [3.8, 4) is 0 Å². The fourth-order valence-electron chi connectivity index (χ4n) is 2.78. The van der Waals surface area contributed by atoms with Gasteiger partial charge in [0.25, 0.3) is 5.91 Å². The molecule has 0 fully saturated rings. The molecule has 0 spiro atoms. The summed E-state index contributed by atoms with van der Waals surface area (Å²) in [6, 6.07) is 0. The third-order valence-corrected chi connectivity index (χ3v) is 5.11. The second-order valence-corrected chi connectivity index (χ2v) is 6.34. The van der Waals surface area contributed by atoms with Crippen LogP contribution in [0.25, 0.3) is 11.0 Å². The van der Waals surface area contributed by atoms with Crippen LogP contribution in [0.4, 0.5) is 0 Å². The summed E-state index contributed by atoms with van der Waals surface area (Å²) in [7, 11) is 0. The third kappa shape index (κ3) is 3.28. The smallest absolute Gasteiger partial charge is 0.274 e. The topological polar surface area (TPSA) is 58.4 Å². The van der Waals surface area contributed by atoms with Gasteiger partial charge in [-0.25, -0.2) is 0 Å². The largest absolute Gasteiger partial charge is 0.355 e. The van der Waals surface area contributed by atoms with Crippen LogP contribution in [0.15, 0.2) is 27.7 Å². The number of nitrogens with one attached hydrogen (secondary N) is 1. The maximum absolute atomic E-state index is 12.5. The van der Waals surface area contributed by atoms with Gasteiger partial charge in [0.2, 0.25) is 0 Å². The predicted molar refractivity (Wildman–Crippen MR) is 93.2 cm³/mol. The molecule has 0 unspecified atom stereocenters. The van der Waals surface area contributed by atoms with E-state index in [-0.39, 0.29) is 5.91 Å². The highest BCUT2D eigenvalue weighted by atomic mass is 32.2. The predicted octanol–water partition coefficient (Wildman–Crippen LogP) is 1.23. The van der Waals surface area contributed by atoms with Gasteiger partial charge < -0.3 is 14.7 Å². The van der Waals surface area contributed by atoms with Crippen molar-refractivity contribution < 1.29 is 9.32 Å². The van der Waals surface area contributed by atoms with E-state index < -0.39 is 0 Å². The zero-order valence-electron chi connectivity index (χ0n) is 13.5. The Hall–Kier alpha value is -1.79. The first-order valence-electron chi connectivity index (χ1n) is 7.98. The Morgan fingerprint density at radius 2 is 2.26 bits per heavy atom. The Bertz CT molecular complexity index is 772. The van der Waals surface area contributed by atoms with Crippen LogP contribution < -0.4 is 16.0 Å². The molecule has 0 bridgehead atoms. The van der Waals surface area contributed by atoms with Gasteiger partial charge in [0, 0.05) is 23.4 Å². The number of likely N-dealkylation sites (N-methyl/N-ethyl adjacent to an activating group) is 1. The number of allylic oxidation sites excluding steroid dienone is 4. The molecule has 122 valence electrons. The minimum Gasteiger partial charge on any atom is -0.355 e. The molecule has 1 aromatic heterocycles. The first-order valence-corrected chi connectivity index (χ1v) is 8.86. The second kappa shape index (κ2) is 7.19. The lowest BCUT2D eigenvalue weighted by molar-refractivity contribution is 0.0939. The number of hydrogen-bond acceptors (Lipinski definition) is 5. The number of amides is 1. The molecule has 6 heteroatoms. The summed E-state index contributed by atoms with van der Waals surface area (Å²) in [5.74, 6) is -0.163. The van der Waals surface area contributed by atoms with Gasteiger partial charge in [-0.05, 0) is 31.2 Å². The lowest BCUT2D eigenvalue weighted by atomic mass is 10.0. The summed E-state index contributed by atoms with van der Waals surface area (Å²) < 4.78 is 5.36. The average molecular weight is 331 g/mol. The van der Waals surface area contributed by atoms with Crippen LogP contribution in [0.2, 0.25) is 0 Å². The van der Waals surface area contributed by atoms with Crippen LogP contribution in [-0.4, -0.2) is 42.1 Å². The summed E-state index contributed by atoms with van der Waals surface area (Å²) in [6.07, 6.45) is 7.00. The van der Waals surface area contributed by atoms with Crippen molar-refractivity contribution in [3.05, 3.63) is 39.5 Å². The van der Waals surface area contributed by atoms with Crippen molar-refractivity contribution in [3.63, 3.8) is 0 Å². The van der Waals surface area contributed by atoms with Crippen molar-refractivity contribution >= 4 is 28.7 Å². The highest BCUT2D eigenvalue weighted by molar-refractivity contribution is 8.10. The lowest BCUT2D eigenvalue weighted by Crippen LogP contribution is -2.38. The molecule has 23 heavy (non-hydrogen) atoms. The first-order chi connectivity index (χ1) is 11.2. The minimum absolute atomic E-state index is 0.163. The highest BCUT2D eigenvalue weighted by Crippen LogP contribution is 2.32. The molecule has 1 amide bonds. The summed E-state index contributed by atoms with van der Waals surface area (Å²) >= 11 is 1.62. The summed E-state index contributed by atoms with van der Waals surface area (Å²) in [6.45, 7) is 7.65. The number of fused-ring (bicyclic) bond motifs is 2. The number of rotatable bonds is 6. The maximum atomic E-state index is 12.5. The number of carbonyl (C=O) groups excluding carboxylic acids is 1. The molecule has 1 aliphatic carbocycles. The Morgan fingerprint density at radius 1 is 1.43 bits per heavy atom. The maximum Gasteiger partial charge on any atom is 0.274 e. The fourth-order valence-corrected chi connectivity index (χ4v) is 3.66. The van der Waals surface area contributed by atoms with Gasteiger partial charge in [-0.2, -0.15) is 0 Å². The van der Waals surface area contributed by atoms with Crippen molar-refractivity contribution in [2.75, 3.05) is 26.2 Å². The van der Waals surface area contributed by atoms with Gasteiger partial charge in [-0.3, -0.25) is 4.79 Å². The van der Waals surface area contributed by atoms with Gasteiger partial charge in [0.15, 0.2) is 11.1 Å². The van der Waals surface area contributed by atoms with Crippen LogP contribution in [0, 0.1) is 0 Å². The minimum atomic E-state index is -0.163. The van der Waals surface area contributed by atoms with Gasteiger partial charge in [-0.15, -0.1) is 0 Å². The molecule has 0 saturated heterocycles. The molecule has 2 heterocycles. The molecule has 2 aliphatic rings. The molecule has 0 saturated carbocycles. The van der Waals surface area contributed by atoms with Crippen LogP contribution in [0.3, 0.4) is 0 Å². The fraction of sp³-hybridized carbons (Fsp3) is 0.412. The number of carbonyl (C=O) groups is 1. The molecule has 1 aromatic rings. The Kier molecular flexibility index (Phi) is 5.03. The number of aromatic nitrogens is 1. The van der Waals surface area contributed by atoms with Crippen LogP contribution in [-0.2, 0) is 0 Å². The quantitative estimate of drug-likeness (QED) is 0.849. The van der Waals surface area contributed by atoms with E-state index in [1.165, 1.54) is 4.91 Å². The van der Waals surface area contributed by atoms with Gasteiger partial charge >= 0.3 is 0 Å². The molecule has 0 aromatic carbocycles. The van der Waals surface area contributed by atoms with Crippen LogP contribution >= 0.6 is 11.8 Å². The summed E-state index contributed by atoms with van der Waals surface area (Å²) in [4.78, 5) is 15.9. The average Bonchev–Trinajstić information content (AvgIpc) is 3.03. The molecule has 3 rings (SSSR count). The van der Waals surface area contributed by atoms with Crippen LogP contribution in [0.1, 0.15) is 30.8 Å². The van der Waals surface area contributed by atoms with E-state index in [9.17, 15) is 4.79 Å². The second-order valence-electron chi connectivity index (χ2n) is 5.43. The molecule has 0 radical (unpaired) electrons. The number of nitrogens with zero attached hydrogens (tertiary/aromatic N) is 2. The van der Waals surface area contributed by atoms with E-state index in [0.29, 0.717) is 17.7 Å². The Labute approximate surface area is 139 Å². The van der Waals surface area contributed by atoms with E-state index in [2.05, 4.69) is 41.4 Å². The SMILES string of the molecule is CCN(CC)CCNC(=O)c1noc2c1=C1CC=CC=C1SC=2. The van der Waals surface area contributed by atoms with E-state index in [1.54, 1.807) is 11.8 Å². The third-order valence-electron chi connectivity index (χ3n) is 4.14. The number of hydrogen-bond donors (Lipinski definition) is 1. The van der Waals surface area contributed by atoms with Gasteiger partial charge in [0.05, 0.1) is 5.22 Å². The highest BCUT2D eigenvalue weighted by Gasteiger charge is 2.21. The van der Waals surface area contributed by atoms with Crippen LogP contribution in [0.5, 0.6) is 0 Å². The summed E-state index contributed by atoms with van der Waals surface area (Å²) in [5.41, 5.74) is 2.21. The van der Waals surface area contributed by atoms with E-state index in [4.69, 9.17) is 4.52 Å². The van der Waals surface area contributed by atoms with Gasteiger partial charge in [0.1, 0.15) is 0 Å². The van der Waals surface area contributed by atoms with Crippen molar-refractivity contribution in [2.45, 2.75) is 20.3 Å². The molecule has 1 N–H and O–H groups in total. The Morgan fingerprint density at radius 3 is 3.04 bits per heavy atom. The lowest BCUT2D eigenvalue weighted by Gasteiger charge is -2.17. The van der Waals surface area contributed by atoms with E-state index >= 15 is 0 Å². The zero-order chi connectivity index (χ0) is 16.2. The molecular formula is C17H21N3O2S. The molecular weight excluding hydrogens is 310 g/mol. The molecule has 0 atom stereocenters. The molecule has 5 nitrogen and oxygen atoms in total. The standard InChI is InChI=1S/C17H21N3O2S/c1-3-20(4-2)10-9-18-17(21)16-15-12-7-5-6-8-14(12)23-11-13(15)22-19-16/h5-6,8,11H,3-4,7,9-10H2,1-2H3,(H,18,21). The zero-order valence-corrected chi connectivity index (χ0v) is 14.3. The first kappa shape index (κ1) is 16.1. The van der Waals surface area contributed by atoms with E-state index in [0.717, 1.165) is 36.8 Å². The number of thioether (sulfide) groups is 1. The van der Waals surface area contributed by atoms with E-state index in [1.807, 2.05) is 11.5 Å². The van der Waals surface area contributed by atoms with Crippen molar-refractivity contribution in [1.29, 1.82) is 0 Å². The van der Waals surface area contributed by atoms with Gasteiger partial charge in [-0.1, -0.05) is 42.9 Å².